The minimum absolute atomic E-state index is 0.0202. The molecule has 0 bridgehead atoms. The van der Waals surface area contributed by atoms with E-state index < -0.39 is 55.2 Å². The maximum absolute atomic E-state index is 13.8. The predicted molar refractivity (Wildman–Crippen MR) is 145 cm³/mol. The van der Waals surface area contributed by atoms with Gasteiger partial charge in [0, 0.05) is 5.56 Å². The molecule has 10 nitrogen and oxygen atoms in total. The number of alkyl halides is 3. The fraction of sp³-hybridized carbons (Fsp3) is 0.185. The number of aromatic nitrogens is 2. The summed E-state index contributed by atoms with van der Waals surface area (Å²) < 4.78 is 111. The summed E-state index contributed by atoms with van der Waals surface area (Å²) in [5.41, 5.74) is 1.44. The van der Waals surface area contributed by atoms with Gasteiger partial charge in [0.15, 0.2) is 0 Å². The molecule has 2 atom stereocenters. The van der Waals surface area contributed by atoms with E-state index in [0.717, 1.165) is 24.3 Å². The molecule has 5 rings (SSSR count). The third-order valence-electron chi connectivity index (χ3n) is 6.50. The fourth-order valence-corrected chi connectivity index (χ4v) is 7.22. The molecule has 1 saturated heterocycles. The molecule has 0 aliphatic carbocycles. The summed E-state index contributed by atoms with van der Waals surface area (Å²) in [5, 5.41) is -1.07. The molecular weight excluding hydrogens is 616 g/mol. The first-order chi connectivity index (χ1) is 20.2. The fourth-order valence-electron chi connectivity index (χ4n) is 4.56. The van der Waals surface area contributed by atoms with Crippen molar-refractivity contribution >= 4 is 26.0 Å². The lowest BCUT2D eigenvalue weighted by Crippen LogP contribution is -2.31. The molecule has 3 aromatic carbocycles. The molecule has 4 aromatic rings. The van der Waals surface area contributed by atoms with Gasteiger partial charge in [0.1, 0.15) is 22.6 Å². The molecule has 1 aliphatic rings. The molecule has 1 fully saturated rings. The van der Waals surface area contributed by atoms with Gasteiger partial charge in [0.25, 0.3) is 0 Å². The van der Waals surface area contributed by atoms with Crippen LogP contribution in [0.15, 0.2) is 83.9 Å². The van der Waals surface area contributed by atoms with Crippen LogP contribution >= 0.6 is 0 Å². The number of carbonyl (C=O) groups is 1. The summed E-state index contributed by atoms with van der Waals surface area (Å²) >= 11 is 0. The van der Waals surface area contributed by atoms with Gasteiger partial charge in [-0.15, -0.1) is 13.2 Å². The number of hydrogen-bond acceptors (Lipinski definition) is 7. The number of rotatable bonds is 9. The number of H-pyrrole nitrogens is 1. The Morgan fingerprint density at radius 1 is 1.05 bits per heavy atom. The molecule has 226 valence electrons. The van der Waals surface area contributed by atoms with Gasteiger partial charge in [-0.3, -0.25) is 9.52 Å². The number of hydrogen-bond donors (Lipinski definition) is 3. The van der Waals surface area contributed by atoms with Gasteiger partial charge in [0.05, 0.1) is 29.2 Å². The standard InChI is InChI=1S/C27H22F4N4O6S2/c28-19-4-2-6-21(13-19)42(37,38)34-22(11-16-7-9-17(10-8-16)24-14-25(36)35-43(24,39)40)26-32-15-23(33-26)18-3-1-5-20(12-18)41-27(29,30)31/h1-10,12-13,15,22,24,34H,11,14H2,(H,32,33)(H,35,36). The monoisotopic (exact) mass is 638 g/mol. The lowest BCUT2D eigenvalue weighted by molar-refractivity contribution is -0.274. The molecule has 0 saturated carbocycles. The molecular formula is C27H22F4N4O6S2. The van der Waals surface area contributed by atoms with Gasteiger partial charge in [-0.25, -0.2) is 30.9 Å². The maximum atomic E-state index is 13.8. The van der Waals surface area contributed by atoms with Crippen molar-refractivity contribution in [1.29, 1.82) is 0 Å². The molecule has 2 heterocycles. The Hall–Kier alpha value is -4.28. The highest BCUT2D eigenvalue weighted by Gasteiger charge is 2.38. The molecule has 1 amide bonds. The van der Waals surface area contributed by atoms with Crippen molar-refractivity contribution in [2.75, 3.05) is 0 Å². The number of sulfonamides is 2. The smallest absolute Gasteiger partial charge is 0.406 e. The second-order valence-electron chi connectivity index (χ2n) is 9.60. The molecule has 1 aliphatic heterocycles. The molecule has 43 heavy (non-hydrogen) atoms. The van der Waals surface area contributed by atoms with Crippen LogP contribution in [0.5, 0.6) is 5.75 Å². The van der Waals surface area contributed by atoms with E-state index in [2.05, 4.69) is 19.4 Å². The van der Waals surface area contributed by atoms with E-state index in [0.29, 0.717) is 11.1 Å². The minimum atomic E-state index is -4.90. The summed E-state index contributed by atoms with van der Waals surface area (Å²) in [5.74, 6) is -1.77. The zero-order valence-corrected chi connectivity index (χ0v) is 23.4. The van der Waals surface area contributed by atoms with Crippen molar-refractivity contribution < 1.29 is 43.9 Å². The lowest BCUT2D eigenvalue weighted by Gasteiger charge is -2.18. The van der Waals surface area contributed by atoms with Crippen molar-refractivity contribution in [3.05, 3.63) is 102 Å². The Kier molecular flexibility index (Phi) is 8.02. The van der Waals surface area contributed by atoms with Crippen molar-refractivity contribution in [2.45, 2.75) is 35.4 Å². The number of aromatic amines is 1. The number of nitrogens with zero attached hydrogens (tertiary/aromatic N) is 1. The molecule has 0 spiro atoms. The van der Waals surface area contributed by atoms with Crippen molar-refractivity contribution in [1.82, 2.24) is 19.4 Å². The second kappa shape index (κ2) is 11.4. The molecule has 16 heteroatoms. The lowest BCUT2D eigenvalue weighted by atomic mass is 10.0. The maximum Gasteiger partial charge on any atom is 0.573 e. The summed E-state index contributed by atoms with van der Waals surface area (Å²) in [4.78, 5) is 18.4. The zero-order valence-electron chi connectivity index (χ0n) is 21.8. The van der Waals surface area contributed by atoms with Gasteiger partial charge >= 0.3 is 6.36 Å². The summed E-state index contributed by atoms with van der Waals surface area (Å²) in [6.45, 7) is 0. The zero-order chi connectivity index (χ0) is 31.0. The van der Waals surface area contributed by atoms with Crippen molar-refractivity contribution in [3.8, 4) is 17.0 Å². The van der Waals surface area contributed by atoms with Crippen LogP contribution in [0.1, 0.15) is 34.7 Å². The van der Waals surface area contributed by atoms with Gasteiger partial charge < -0.3 is 9.72 Å². The molecule has 2 unspecified atom stereocenters. The van der Waals surface area contributed by atoms with Crippen LogP contribution < -0.4 is 14.2 Å². The Morgan fingerprint density at radius 3 is 2.42 bits per heavy atom. The highest BCUT2D eigenvalue weighted by molar-refractivity contribution is 7.90. The first-order valence-corrected chi connectivity index (χ1v) is 15.5. The predicted octanol–water partition coefficient (Wildman–Crippen LogP) is 4.27. The highest BCUT2D eigenvalue weighted by atomic mass is 32.2. The van der Waals surface area contributed by atoms with Crippen molar-refractivity contribution in [2.24, 2.45) is 0 Å². The Morgan fingerprint density at radius 2 is 1.77 bits per heavy atom. The normalized spacial score (nSPS) is 17.4. The van der Waals surface area contributed by atoms with Crippen LogP contribution in [0.25, 0.3) is 11.3 Å². The average molecular weight is 639 g/mol. The van der Waals surface area contributed by atoms with Crippen LogP contribution in [0.2, 0.25) is 0 Å². The first-order valence-electron chi connectivity index (χ1n) is 12.5. The van der Waals surface area contributed by atoms with Gasteiger partial charge in [-0.05, 0) is 47.9 Å². The number of ether oxygens (including phenoxy) is 1. The number of nitrogens with one attached hydrogen (secondary N) is 3. The first kappa shape index (κ1) is 30.2. The topological polar surface area (TPSA) is 147 Å². The van der Waals surface area contributed by atoms with E-state index in [1.165, 1.54) is 42.6 Å². The summed E-state index contributed by atoms with van der Waals surface area (Å²) in [7, 11) is -8.17. The van der Waals surface area contributed by atoms with Crippen LogP contribution in [0.4, 0.5) is 17.6 Å². The van der Waals surface area contributed by atoms with Crippen molar-refractivity contribution in [3.63, 3.8) is 0 Å². The third-order valence-corrected chi connectivity index (χ3v) is 9.67. The molecule has 1 aromatic heterocycles. The van der Waals surface area contributed by atoms with Gasteiger partial charge in [-0.2, -0.15) is 0 Å². The highest BCUT2D eigenvalue weighted by Crippen LogP contribution is 2.32. The molecule has 3 N–H and O–H groups in total. The van der Waals surface area contributed by atoms with Gasteiger partial charge in [-0.1, -0.05) is 42.5 Å². The SMILES string of the molecule is O=C1CC(c2ccc(CC(NS(=O)(=O)c3cccc(F)c3)c3ncc(-c4cccc(OC(F)(F)F)c4)[nH]3)cc2)S(=O)(=O)N1. The van der Waals surface area contributed by atoms with E-state index in [1.807, 2.05) is 4.72 Å². The van der Waals surface area contributed by atoms with Crippen LogP contribution in [-0.2, 0) is 31.3 Å². The number of benzene rings is 3. The van der Waals surface area contributed by atoms with Gasteiger partial charge in [0.2, 0.25) is 26.0 Å². The quantitative estimate of drug-likeness (QED) is 0.232. The van der Waals surface area contributed by atoms with Crippen LogP contribution in [-0.4, -0.2) is 39.1 Å². The number of halogens is 4. The third kappa shape index (κ3) is 7.21. The molecule has 0 radical (unpaired) electrons. The Balaban J connectivity index is 1.45. The Labute approximate surface area is 243 Å². The van der Waals surface area contributed by atoms with E-state index >= 15 is 0 Å². The Bertz CT molecular complexity index is 1880. The van der Waals surface area contributed by atoms with E-state index in [1.54, 1.807) is 12.1 Å². The minimum Gasteiger partial charge on any atom is -0.406 e. The summed E-state index contributed by atoms with van der Waals surface area (Å²) in [6.07, 6.45) is -3.85. The van der Waals surface area contributed by atoms with Crippen LogP contribution in [0, 0.1) is 5.82 Å². The van der Waals surface area contributed by atoms with Crippen LogP contribution in [0.3, 0.4) is 0 Å². The van der Waals surface area contributed by atoms with E-state index in [-0.39, 0.29) is 34.8 Å². The second-order valence-corrected chi connectivity index (χ2v) is 13.2. The number of carbonyl (C=O) groups excluding carboxylic acids is 1. The summed E-state index contributed by atoms with van der Waals surface area (Å²) in [6, 6.07) is 14.5. The van der Waals surface area contributed by atoms with E-state index in [4.69, 9.17) is 0 Å². The average Bonchev–Trinajstić information content (AvgIpc) is 3.51. The number of imidazole rings is 1. The number of amides is 1. The largest absolute Gasteiger partial charge is 0.573 e. The van der Waals surface area contributed by atoms with E-state index in [9.17, 15) is 39.2 Å².